The van der Waals surface area contributed by atoms with Crippen LogP contribution in [0.15, 0.2) is 53.7 Å². The molecule has 0 bridgehead atoms. The summed E-state index contributed by atoms with van der Waals surface area (Å²) in [4.78, 5) is 0. The van der Waals surface area contributed by atoms with Crippen molar-refractivity contribution in [3.63, 3.8) is 0 Å². The molecule has 0 amide bonds. The smallest absolute Gasteiger partial charge is 0.196 e. The molecule has 5 nitrogen and oxygen atoms in total. The minimum absolute atomic E-state index is 0.243. The highest BCUT2D eigenvalue weighted by molar-refractivity contribution is 7.99. The number of pyridine rings is 1. The highest BCUT2D eigenvalue weighted by atomic mass is 32.2. The number of thioether (sulfide) groups is 1. The largest absolute Gasteiger partial charge is 0.491 e. The maximum absolute atomic E-state index is 10.4. The van der Waals surface area contributed by atoms with E-state index in [1.807, 2.05) is 48.6 Å². The zero-order valence-corrected chi connectivity index (χ0v) is 17.0. The fourth-order valence-electron chi connectivity index (χ4n) is 3.40. The summed E-state index contributed by atoms with van der Waals surface area (Å²) in [5.41, 5.74) is 5.37. The van der Waals surface area contributed by atoms with E-state index in [1.165, 1.54) is 22.7 Å². The molecule has 2 aromatic carbocycles. The van der Waals surface area contributed by atoms with Gasteiger partial charge in [-0.1, -0.05) is 36.0 Å². The quantitative estimate of drug-likeness (QED) is 0.494. The summed E-state index contributed by atoms with van der Waals surface area (Å²) in [5.74, 6) is 1.27. The fraction of sp³-hybridized carbons (Fsp3) is 0.273. The maximum atomic E-state index is 10.4. The Balaban J connectivity index is 1.47. The number of benzene rings is 2. The van der Waals surface area contributed by atoms with E-state index in [9.17, 15) is 5.11 Å². The molecule has 28 heavy (non-hydrogen) atoms. The molecule has 0 spiro atoms. The average molecular weight is 394 g/mol. The Morgan fingerprint density at radius 3 is 2.57 bits per heavy atom. The minimum atomic E-state index is -0.602. The number of aryl methyl sites for hydroxylation is 3. The van der Waals surface area contributed by atoms with E-state index in [4.69, 9.17) is 4.74 Å². The van der Waals surface area contributed by atoms with Crippen molar-refractivity contribution in [1.82, 2.24) is 14.6 Å². The molecule has 2 heterocycles. The second kappa shape index (κ2) is 7.81. The summed E-state index contributed by atoms with van der Waals surface area (Å²) in [7, 11) is 0. The van der Waals surface area contributed by atoms with Gasteiger partial charge in [0.1, 0.15) is 12.4 Å². The van der Waals surface area contributed by atoms with Gasteiger partial charge in [0.25, 0.3) is 0 Å². The van der Waals surface area contributed by atoms with Crippen LogP contribution in [0.2, 0.25) is 0 Å². The summed E-state index contributed by atoms with van der Waals surface area (Å²) in [6.45, 7) is 6.40. The topological polar surface area (TPSA) is 59.7 Å². The van der Waals surface area contributed by atoms with Crippen LogP contribution in [-0.4, -0.2) is 38.2 Å². The van der Waals surface area contributed by atoms with Gasteiger partial charge in [-0.15, -0.1) is 10.2 Å². The van der Waals surface area contributed by atoms with Gasteiger partial charge in [0, 0.05) is 11.1 Å². The van der Waals surface area contributed by atoms with Crippen LogP contribution in [0.4, 0.5) is 0 Å². The second-order valence-electron chi connectivity index (χ2n) is 7.12. The summed E-state index contributed by atoms with van der Waals surface area (Å²) < 4.78 is 7.81. The molecule has 4 aromatic rings. The van der Waals surface area contributed by atoms with Gasteiger partial charge in [-0.05, 0) is 61.7 Å². The van der Waals surface area contributed by atoms with Crippen LogP contribution in [0.3, 0.4) is 0 Å². The zero-order chi connectivity index (χ0) is 19.7. The Labute approximate surface area is 168 Å². The molecule has 1 atom stereocenters. The van der Waals surface area contributed by atoms with Crippen LogP contribution in [0.5, 0.6) is 5.75 Å². The molecule has 1 N–H and O–H groups in total. The fourth-order valence-corrected chi connectivity index (χ4v) is 4.25. The molecule has 2 aromatic heterocycles. The molecule has 0 aliphatic rings. The lowest BCUT2D eigenvalue weighted by Gasteiger charge is -2.13. The number of fused-ring (bicyclic) bond motifs is 3. The zero-order valence-electron chi connectivity index (χ0n) is 16.2. The number of para-hydroxylation sites is 1. The first-order valence-corrected chi connectivity index (χ1v) is 10.3. The Hall–Kier alpha value is -2.57. The molecular formula is C22H23N3O2S. The standard InChI is InChI=1S/C22H23N3O2S/c1-14-8-15(2)10-18(9-14)27-12-17(26)13-28-22-24-23-21-11-16(3)19-6-4-5-7-20(19)25(21)22/h4-11,17,26H,12-13H2,1-3H3. The van der Waals surface area contributed by atoms with Gasteiger partial charge in [-0.3, -0.25) is 4.40 Å². The van der Waals surface area contributed by atoms with Crippen LogP contribution < -0.4 is 4.74 Å². The number of aromatic nitrogens is 3. The molecule has 0 fully saturated rings. The number of aliphatic hydroxyl groups excluding tert-OH is 1. The van der Waals surface area contributed by atoms with Crippen LogP contribution in [0.1, 0.15) is 16.7 Å². The van der Waals surface area contributed by atoms with Gasteiger partial charge in [0.05, 0.1) is 11.6 Å². The summed E-state index contributed by atoms with van der Waals surface area (Å²) in [6.07, 6.45) is -0.602. The summed E-state index contributed by atoms with van der Waals surface area (Å²) >= 11 is 1.49. The lowest BCUT2D eigenvalue weighted by molar-refractivity contribution is 0.126. The number of ether oxygens (including phenoxy) is 1. The maximum Gasteiger partial charge on any atom is 0.196 e. The van der Waals surface area contributed by atoms with E-state index in [0.717, 1.165) is 33.2 Å². The third-order valence-electron chi connectivity index (χ3n) is 4.62. The van der Waals surface area contributed by atoms with Crippen LogP contribution in [-0.2, 0) is 0 Å². The van der Waals surface area contributed by atoms with Crippen LogP contribution in [0, 0.1) is 20.8 Å². The van der Waals surface area contributed by atoms with E-state index in [0.29, 0.717) is 5.75 Å². The van der Waals surface area contributed by atoms with Crippen molar-refractivity contribution in [3.05, 3.63) is 65.2 Å². The highest BCUT2D eigenvalue weighted by Crippen LogP contribution is 2.26. The summed E-state index contributed by atoms with van der Waals surface area (Å²) in [5, 5.41) is 20.9. The van der Waals surface area contributed by atoms with E-state index in [-0.39, 0.29) is 6.61 Å². The molecule has 0 aliphatic heterocycles. The molecular weight excluding hydrogens is 370 g/mol. The molecule has 1 unspecified atom stereocenters. The lowest BCUT2D eigenvalue weighted by Crippen LogP contribution is -2.20. The van der Waals surface area contributed by atoms with Crippen molar-refractivity contribution in [3.8, 4) is 5.75 Å². The first-order chi connectivity index (χ1) is 13.5. The van der Waals surface area contributed by atoms with Crippen molar-refractivity contribution < 1.29 is 9.84 Å². The molecule has 144 valence electrons. The first kappa shape index (κ1) is 18.8. The van der Waals surface area contributed by atoms with E-state index in [2.05, 4.69) is 35.3 Å². The van der Waals surface area contributed by atoms with E-state index in [1.54, 1.807) is 0 Å². The predicted molar refractivity (Wildman–Crippen MR) is 113 cm³/mol. The first-order valence-electron chi connectivity index (χ1n) is 9.27. The molecule has 0 radical (unpaired) electrons. The number of aliphatic hydroxyl groups is 1. The van der Waals surface area contributed by atoms with Crippen molar-refractivity contribution in [2.75, 3.05) is 12.4 Å². The van der Waals surface area contributed by atoms with Gasteiger partial charge in [-0.25, -0.2) is 0 Å². The molecule has 0 saturated carbocycles. The summed E-state index contributed by atoms with van der Waals surface area (Å²) in [6, 6.07) is 16.3. The minimum Gasteiger partial charge on any atom is -0.491 e. The number of hydrogen-bond acceptors (Lipinski definition) is 5. The number of hydrogen-bond donors (Lipinski definition) is 1. The van der Waals surface area contributed by atoms with Gasteiger partial charge in [-0.2, -0.15) is 0 Å². The van der Waals surface area contributed by atoms with Gasteiger partial charge in [0.2, 0.25) is 0 Å². The van der Waals surface area contributed by atoms with Gasteiger partial charge < -0.3 is 9.84 Å². The third kappa shape index (κ3) is 3.84. The Kier molecular flexibility index (Phi) is 5.24. The molecule has 4 rings (SSSR count). The Bertz CT molecular complexity index is 1120. The van der Waals surface area contributed by atoms with Crippen LogP contribution >= 0.6 is 11.8 Å². The average Bonchev–Trinajstić information content (AvgIpc) is 3.07. The Morgan fingerprint density at radius 2 is 1.79 bits per heavy atom. The molecule has 0 saturated heterocycles. The van der Waals surface area contributed by atoms with Crippen molar-refractivity contribution >= 4 is 28.3 Å². The predicted octanol–water partition coefficient (Wildman–Crippen LogP) is 4.34. The Morgan fingerprint density at radius 1 is 1.04 bits per heavy atom. The van der Waals surface area contributed by atoms with Crippen molar-refractivity contribution in [1.29, 1.82) is 0 Å². The van der Waals surface area contributed by atoms with E-state index >= 15 is 0 Å². The molecule has 6 heteroatoms. The monoisotopic (exact) mass is 393 g/mol. The van der Waals surface area contributed by atoms with Crippen LogP contribution in [0.25, 0.3) is 16.6 Å². The van der Waals surface area contributed by atoms with Crippen molar-refractivity contribution in [2.45, 2.75) is 32.0 Å². The number of nitrogens with zero attached hydrogens (tertiary/aromatic N) is 3. The number of rotatable bonds is 6. The van der Waals surface area contributed by atoms with Crippen molar-refractivity contribution in [2.24, 2.45) is 0 Å². The highest BCUT2D eigenvalue weighted by Gasteiger charge is 2.14. The SMILES string of the molecule is Cc1cc(C)cc(OCC(O)CSc2nnc3cc(C)c4ccccc4n23)c1. The molecule has 0 aliphatic carbocycles. The van der Waals surface area contributed by atoms with Gasteiger partial charge in [0.15, 0.2) is 10.8 Å². The third-order valence-corrected chi connectivity index (χ3v) is 5.69. The van der Waals surface area contributed by atoms with E-state index < -0.39 is 6.10 Å². The lowest BCUT2D eigenvalue weighted by atomic mass is 10.1. The van der Waals surface area contributed by atoms with Gasteiger partial charge >= 0.3 is 0 Å². The normalized spacial score (nSPS) is 12.6. The second-order valence-corrected chi connectivity index (χ2v) is 8.11.